The lowest BCUT2D eigenvalue weighted by molar-refractivity contribution is 0.0983. The number of nitrogens with two attached hydrogens (primary N) is 1. The van der Waals surface area contributed by atoms with Gasteiger partial charge in [0.15, 0.2) is 0 Å². The highest BCUT2D eigenvalue weighted by Gasteiger charge is 2.23. The molecule has 1 aromatic rings. The van der Waals surface area contributed by atoms with Crippen LogP contribution in [0, 0.1) is 0 Å². The standard InChI is InChI=1S/C14H20BrN3O2/c1-2-20-14(19)18-7-5-11(6-8-18)17-13-9-10(15)3-4-12(13)16/h3-4,9,11,17H,2,5-8,16H2,1H3. The molecule has 1 heterocycles. The number of carbonyl (C=O) groups is 1. The lowest BCUT2D eigenvalue weighted by atomic mass is 10.0. The van der Waals surface area contributed by atoms with Gasteiger partial charge in [-0.05, 0) is 38.0 Å². The van der Waals surface area contributed by atoms with Crippen LogP contribution in [0.15, 0.2) is 22.7 Å². The van der Waals surface area contributed by atoms with Crippen LogP contribution in [0.25, 0.3) is 0 Å². The van der Waals surface area contributed by atoms with Crippen LogP contribution in [-0.4, -0.2) is 36.7 Å². The maximum atomic E-state index is 11.6. The van der Waals surface area contributed by atoms with Gasteiger partial charge < -0.3 is 20.7 Å². The van der Waals surface area contributed by atoms with Gasteiger partial charge in [-0.25, -0.2) is 4.79 Å². The van der Waals surface area contributed by atoms with Crippen molar-refractivity contribution in [3.8, 4) is 0 Å². The summed E-state index contributed by atoms with van der Waals surface area (Å²) in [7, 11) is 0. The maximum absolute atomic E-state index is 11.6. The van der Waals surface area contributed by atoms with Crippen molar-refractivity contribution in [2.24, 2.45) is 0 Å². The third-order valence-corrected chi connectivity index (χ3v) is 3.89. The summed E-state index contributed by atoms with van der Waals surface area (Å²) in [5.41, 5.74) is 7.63. The molecule has 0 atom stereocenters. The number of anilines is 2. The number of hydrogen-bond donors (Lipinski definition) is 2. The fourth-order valence-electron chi connectivity index (χ4n) is 2.29. The number of piperidine rings is 1. The van der Waals surface area contributed by atoms with E-state index in [0.29, 0.717) is 25.7 Å². The molecule has 1 aliphatic rings. The number of carbonyl (C=O) groups excluding carboxylic acids is 1. The fraction of sp³-hybridized carbons (Fsp3) is 0.500. The number of rotatable bonds is 3. The zero-order valence-electron chi connectivity index (χ0n) is 11.6. The van der Waals surface area contributed by atoms with Crippen LogP contribution in [0.4, 0.5) is 16.2 Å². The minimum Gasteiger partial charge on any atom is -0.450 e. The van der Waals surface area contributed by atoms with Gasteiger partial charge in [-0.15, -0.1) is 0 Å². The van der Waals surface area contributed by atoms with E-state index >= 15 is 0 Å². The Hall–Kier alpha value is -1.43. The van der Waals surface area contributed by atoms with E-state index in [9.17, 15) is 4.79 Å². The van der Waals surface area contributed by atoms with Crippen molar-refractivity contribution in [1.29, 1.82) is 0 Å². The van der Waals surface area contributed by atoms with Crippen molar-refractivity contribution in [2.75, 3.05) is 30.7 Å². The largest absolute Gasteiger partial charge is 0.450 e. The number of ether oxygens (including phenoxy) is 1. The third-order valence-electron chi connectivity index (χ3n) is 3.40. The number of likely N-dealkylation sites (tertiary alicyclic amines) is 1. The summed E-state index contributed by atoms with van der Waals surface area (Å²) in [6.07, 6.45) is 1.57. The van der Waals surface area contributed by atoms with E-state index in [2.05, 4.69) is 21.2 Å². The van der Waals surface area contributed by atoms with Crippen LogP contribution in [-0.2, 0) is 4.74 Å². The monoisotopic (exact) mass is 341 g/mol. The van der Waals surface area contributed by atoms with Gasteiger partial charge in [0.05, 0.1) is 18.0 Å². The molecule has 1 aliphatic heterocycles. The normalized spacial score (nSPS) is 16.0. The molecule has 0 aliphatic carbocycles. The molecule has 1 amide bonds. The molecule has 2 rings (SSSR count). The molecule has 5 nitrogen and oxygen atoms in total. The van der Waals surface area contributed by atoms with Gasteiger partial charge in [-0.1, -0.05) is 15.9 Å². The summed E-state index contributed by atoms with van der Waals surface area (Å²) >= 11 is 3.44. The summed E-state index contributed by atoms with van der Waals surface area (Å²) in [5.74, 6) is 0. The average molecular weight is 342 g/mol. The number of nitrogens with one attached hydrogen (secondary N) is 1. The number of benzene rings is 1. The van der Waals surface area contributed by atoms with E-state index in [1.807, 2.05) is 25.1 Å². The van der Waals surface area contributed by atoms with Crippen LogP contribution in [0.5, 0.6) is 0 Å². The van der Waals surface area contributed by atoms with E-state index in [-0.39, 0.29) is 6.09 Å². The number of hydrogen-bond acceptors (Lipinski definition) is 4. The molecule has 110 valence electrons. The Kier molecular flexibility index (Phi) is 5.11. The highest BCUT2D eigenvalue weighted by Crippen LogP contribution is 2.26. The molecule has 6 heteroatoms. The highest BCUT2D eigenvalue weighted by molar-refractivity contribution is 9.10. The number of amides is 1. The van der Waals surface area contributed by atoms with Crippen molar-refractivity contribution in [3.63, 3.8) is 0 Å². The zero-order valence-corrected chi connectivity index (χ0v) is 13.1. The van der Waals surface area contributed by atoms with Crippen molar-refractivity contribution in [2.45, 2.75) is 25.8 Å². The first-order valence-corrected chi connectivity index (χ1v) is 7.62. The summed E-state index contributed by atoms with van der Waals surface area (Å²) in [4.78, 5) is 13.4. The Morgan fingerprint density at radius 2 is 2.20 bits per heavy atom. The Bertz CT molecular complexity index is 473. The van der Waals surface area contributed by atoms with Gasteiger partial charge >= 0.3 is 6.09 Å². The van der Waals surface area contributed by atoms with Gasteiger partial charge in [0.1, 0.15) is 0 Å². The van der Waals surface area contributed by atoms with Crippen molar-refractivity contribution >= 4 is 33.4 Å². The SMILES string of the molecule is CCOC(=O)N1CCC(Nc2cc(Br)ccc2N)CC1. The van der Waals surface area contributed by atoms with Crippen molar-refractivity contribution in [1.82, 2.24) is 4.90 Å². The predicted molar refractivity (Wildman–Crippen MR) is 83.8 cm³/mol. The van der Waals surface area contributed by atoms with Gasteiger partial charge in [0.25, 0.3) is 0 Å². The van der Waals surface area contributed by atoms with Gasteiger partial charge in [-0.3, -0.25) is 0 Å². The highest BCUT2D eigenvalue weighted by atomic mass is 79.9. The third kappa shape index (κ3) is 3.79. The minimum atomic E-state index is -0.215. The molecule has 0 unspecified atom stereocenters. The Labute approximate surface area is 127 Å². The van der Waals surface area contributed by atoms with E-state index < -0.39 is 0 Å². The zero-order chi connectivity index (χ0) is 14.5. The molecule has 0 saturated carbocycles. The molecule has 1 aromatic carbocycles. The second-order valence-electron chi connectivity index (χ2n) is 4.84. The lowest BCUT2D eigenvalue weighted by Crippen LogP contribution is -2.42. The van der Waals surface area contributed by atoms with Crippen LogP contribution in [0.1, 0.15) is 19.8 Å². The maximum Gasteiger partial charge on any atom is 0.409 e. The molecule has 1 saturated heterocycles. The summed E-state index contributed by atoms with van der Waals surface area (Å²) < 4.78 is 6.01. The molecule has 3 N–H and O–H groups in total. The molecule has 0 aromatic heterocycles. The van der Waals surface area contributed by atoms with Crippen LogP contribution in [0.2, 0.25) is 0 Å². The van der Waals surface area contributed by atoms with Crippen LogP contribution in [0.3, 0.4) is 0 Å². The molecule has 1 fully saturated rings. The fourth-order valence-corrected chi connectivity index (χ4v) is 2.66. The second kappa shape index (κ2) is 6.83. The molecule has 0 spiro atoms. The first-order chi connectivity index (χ1) is 9.60. The Morgan fingerprint density at radius 1 is 1.50 bits per heavy atom. The lowest BCUT2D eigenvalue weighted by Gasteiger charge is -2.32. The summed E-state index contributed by atoms with van der Waals surface area (Å²) in [6.45, 7) is 3.67. The Balaban J connectivity index is 1.88. The van der Waals surface area contributed by atoms with Gasteiger partial charge in [0, 0.05) is 23.6 Å². The smallest absolute Gasteiger partial charge is 0.409 e. The first kappa shape index (κ1) is 15.0. The Morgan fingerprint density at radius 3 is 2.85 bits per heavy atom. The van der Waals surface area contributed by atoms with Crippen LogP contribution < -0.4 is 11.1 Å². The van der Waals surface area contributed by atoms with E-state index in [1.54, 1.807) is 4.90 Å². The summed E-state index contributed by atoms with van der Waals surface area (Å²) in [6, 6.07) is 6.11. The van der Waals surface area contributed by atoms with E-state index in [0.717, 1.165) is 28.7 Å². The average Bonchev–Trinajstić information content (AvgIpc) is 2.44. The quantitative estimate of drug-likeness (QED) is 0.829. The van der Waals surface area contributed by atoms with E-state index in [1.165, 1.54) is 0 Å². The molecule has 0 bridgehead atoms. The number of halogens is 1. The van der Waals surface area contributed by atoms with Crippen molar-refractivity contribution < 1.29 is 9.53 Å². The first-order valence-electron chi connectivity index (χ1n) is 6.83. The minimum absolute atomic E-state index is 0.215. The molecule has 20 heavy (non-hydrogen) atoms. The van der Waals surface area contributed by atoms with Crippen molar-refractivity contribution in [3.05, 3.63) is 22.7 Å². The topological polar surface area (TPSA) is 67.6 Å². The molecular formula is C14H20BrN3O2. The second-order valence-corrected chi connectivity index (χ2v) is 5.75. The molecule has 0 radical (unpaired) electrons. The summed E-state index contributed by atoms with van der Waals surface area (Å²) in [5, 5.41) is 3.45. The van der Waals surface area contributed by atoms with Gasteiger partial charge in [-0.2, -0.15) is 0 Å². The van der Waals surface area contributed by atoms with E-state index in [4.69, 9.17) is 10.5 Å². The van der Waals surface area contributed by atoms with Gasteiger partial charge in [0.2, 0.25) is 0 Å². The molecular weight excluding hydrogens is 322 g/mol. The number of nitrogens with zero attached hydrogens (tertiary/aromatic N) is 1. The number of nitrogen functional groups attached to an aromatic ring is 1. The predicted octanol–water partition coefficient (Wildman–Crippen LogP) is 3.06. The van der Waals surface area contributed by atoms with Crippen LogP contribution >= 0.6 is 15.9 Å².